The molecule has 166 valence electrons. The van der Waals surface area contributed by atoms with Crippen molar-refractivity contribution in [3.8, 4) is 11.5 Å². The maximum atomic E-state index is 5.74. The van der Waals surface area contributed by atoms with Crippen LogP contribution in [0.2, 0.25) is 0 Å². The summed E-state index contributed by atoms with van der Waals surface area (Å²) in [4.78, 5) is 2.51. The van der Waals surface area contributed by atoms with Crippen LogP contribution in [-0.4, -0.2) is 36.3 Å². The third-order valence-electron chi connectivity index (χ3n) is 6.59. The van der Waals surface area contributed by atoms with Gasteiger partial charge in [0.15, 0.2) is 11.5 Å². The molecule has 4 rings (SSSR count). The topological polar surface area (TPSA) is 35.9 Å². The molecule has 0 saturated heterocycles. The fraction of sp³-hybridized carbons (Fsp3) is 0.462. The van der Waals surface area contributed by atoms with Gasteiger partial charge in [0.05, 0.1) is 38.4 Å². The van der Waals surface area contributed by atoms with Crippen molar-refractivity contribution < 1.29 is 14.2 Å². The minimum absolute atomic E-state index is 0.0797. The summed E-state index contributed by atoms with van der Waals surface area (Å²) in [5.41, 5.74) is 4.63. The molecule has 1 aromatic carbocycles. The average molecular weight is 423 g/mol. The fourth-order valence-electron chi connectivity index (χ4n) is 5.01. The lowest BCUT2D eigenvalue weighted by Gasteiger charge is -2.50. The van der Waals surface area contributed by atoms with Crippen molar-refractivity contribution >= 4 is 10.9 Å². The summed E-state index contributed by atoms with van der Waals surface area (Å²) in [5.74, 6) is 2.25. The van der Waals surface area contributed by atoms with Crippen LogP contribution in [-0.2, 0) is 11.3 Å². The second kappa shape index (κ2) is 7.70. The molecule has 2 aliphatic rings. The van der Waals surface area contributed by atoms with Gasteiger partial charge >= 0.3 is 0 Å². The number of nitrogens with zero attached hydrogens (tertiary/aromatic N) is 2. The van der Waals surface area contributed by atoms with Crippen LogP contribution in [0.15, 0.2) is 54.5 Å². The van der Waals surface area contributed by atoms with Crippen LogP contribution in [0.4, 0.5) is 0 Å². The number of fused-ring (bicyclic) bond motifs is 5. The Hall–Kier alpha value is -2.82. The first-order chi connectivity index (χ1) is 14.7. The van der Waals surface area contributed by atoms with Gasteiger partial charge in [-0.15, -0.1) is 0 Å². The maximum absolute atomic E-state index is 5.74. The molecular formula is C26H34N2O3. The first-order valence-corrected chi connectivity index (χ1v) is 10.9. The molecule has 2 atom stereocenters. The molecule has 5 nitrogen and oxygen atoms in total. The first-order valence-electron chi connectivity index (χ1n) is 10.9. The quantitative estimate of drug-likeness (QED) is 0.569. The Kier molecular flexibility index (Phi) is 5.32. The van der Waals surface area contributed by atoms with Gasteiger partial charge in [0, 0.05) is 29.4 Å². The zero-order valence-corrected chi connectivity index (χ0v) is 19.6. The van der Waals surface area contributed by atoms with Gasteiger partial charge in [-0.1, -0.05) is 33.9 Å². The number of rotatable bonds is 5. The van der Waals surface area contributed by atoms with E-state index in [4.69, 9.17) is 14.2 Å². The van der Waals surface area contributed by atoms with Gasteiger partial charge in [0.25, 0.3) is 0 Å². The zero-order valence-electron chi connectivity index (χ0n) is 19.6. The lowest BCUT2D eigenvalue weighted by atomic mass is 9.80. The number of ether oxygens (including phenoxy) is 3. The Morgan fingerprint density at radius 2 is 1.94 bits per heavy atom. The largest absolute Gasteiger partial charge is 0.494 e. The number of hydrogen-bond donors (Lipinski definition) is 0. The Morgan fingerprint density at radius 3 is 2.55 bits per heavy atom. The van der Waals surface area contributed by atoms with Gasteiger partial charge in [-0.2, -0.15) is 0 Å². The third-order valence-corrected chi connectivity index (χ3v) is 6.59. The van der Waals surface area contributed by atoms with Crippen molar-refractivity contribution in [3.63, 3.8) is 0 Å². The summed E-state index contributed by atoms with van der Waals surface area (Å²) in [6.45, 7) is 18.9. The number of methoxy groups -OCH3 is 2. The smallest absolute Gasteiger partial charge is 0.170 e. The SMILES string of the molecule is C=C1CC2c3cc4c(OC)c(OC)ccc4n3CC(C(C)(C)C)N2C=C1C(=C)OCC. The lowest BCUT2D eigenvalue weighted by molar-refractivity contribution is 0.0604. The van der Waals surface area contributed by atoms with Crippen molar-refractivity contribution in [2.75, 3.05) is 20.8 Å². The van der Waals surface area contributed by atoms with Gasteiger partial charge in [0.2, 0.25) is 0 Å². The molecule has 2 unspecified atom stereocenters. The summed E-state index contributed by atoms with van der Waals surface area (Å²) in [5, 5.41) is 1.09. The number of aromatic nitrogens is 1. The second-order valence-electron chi connectivity index (χ2n) is 9.47. The Labute approximate surface area is 185 Å². The minimum atomic E-state index is 0.0797. The monoisotopic (exact) mass is 422 g/mol. The first kappa shape index (κ1) is 21.4. The van der Waals surface area contributed by atoms with Gasteiger partial charge in [-0.05, 0) is 42.5 Å². The Bertz CT molecular complexity index is 1070. The molecule has 0 radical (unpaired) electrons. The van der Waals surface area contributed by atoms with Crippen molar-refractivity contribution in [1.29, 1.82) is 0 Å². The third kappa shape index (κ3) is 3.40. The lowest BCUT2D eigenvalue weighted by Crippen LogP contribution is -2.51. The molecule has 0 saturated carbocycles. The van der Waals surface area contributed by atoms with Crippen LogP contribution in [0, 0.1) is 5.41 Å². The van der Waals surface area contributed by atoms with Crippen molar-refractivity contribution in [3.05, 3.63) is 60.2 Å². The molecule has 31 heavy (non-hydrogen) atoms. The van der Waals surface area contributed by atoms with Crippen LogP contribution in [0.5, 0.6) is 11.5 Å². The average Bonchev–Trinajstić information content (AvgIpc) is 3.10. The van der Waals surface area contributed by atoms with E-state index in [1.54, 1.807) is 14.2 Å². The molecule has 5 heteroatoms. The summed E-state index contributed by atoms with van der Waals surface area (Å²) >= 11 is 0. The van der Waals surface area contributed by atoms with Crippen LogP contribution in [0.25, 0.3) is 10.9 Å². The molecule has 0 aliphatic carbocycles. The summed E-state index contributed by atoms with van der Waals surface area (Å²) < 4.78 is 19.5. The highest BCUT2D eigenvalue weighted by Gasteiger charge is 2.42. The molecule has 0 spiro atoms. The highest BCUT2D eigenvalue weighted by Crippen LogP contribution is 2.48. The molecule has 0 amide bonds. The molecule has 3 heterocycles. The van der Waals surface area contributed by atoms with E-state index in [0.717, 1.165) is 41.0 Å². The molecule has 0 N–H and O–H groups in total. The fourth-order valence-corrected chi connectivity index (χ4v) is 5.01. The van der Waals surface area contributed by atoms with Crippen molar-refractivity contribution in [2.24, 2.45) is 5.41 Å². The van der Waals surface area contributed by atoms with Gasteiger partial charge in [-0.25, -0.2) is 0 Å². The van der Waals surface area contributed by atoms with E-state index in [-0.39, 0.29) is 11.5 Å². The number of allylic oxidation sites excluding steroid dienone is 1. The summed E-state index contributed by atoms with van der Waals surface area (Å²) in [6, 6.07) is 6.91. The zero-order chi connectivity index (χ0) is 22.5. The second-order valence-corrected chi connectivity index (χ2v) is 9.47. The van der Waals surface area contributed by atoms with E-state index >= 15 is 0 Å². The Morgan fingerprint density at radius 1 is 1.19 bits per heavy atom. The maximum Gasteiger partial charge on any atom is 0.170 e. The normalized spacial score (nSPS) is 20.8. The van der Waals surface area contributed by atoms with Crippen LogP contribution < -0.4 is 9.47 Å². The molecule has 2 aromatic rings. The molecule has 0 bridgehead atoms. The predicted octanol–water partition coefficient (Wildman–Crippen LogP) is 5.82. The molecule has 2 aliphatic heterocycles. The van der Waals surface area contributed by atoms with E-state index in [1.165, 1.54) is 11.2 Å². The van der Waals surface area contributed by atoms with Crippen LogP contribution in [0.1, 0.15) is 45.9 Å². The number of benzene rings is 1. The summed E-state index contributed by atoms with van der Waals surface area (Å²) in [7, 11) is 3.38. The van der Waals surface area contributed by atoms with Crippen LogP contribution in [0.3, 0.4) is 0 Å². The van der Waals surface area contributed by atoms with E-state index < -0.39 is 0 Å². The van der Waals surface area contributed by atoms with E-state index in [1.807, 2.05) is 13.0 Å². The number of hydrogen-bond acceptors (Lipinski definition) is 4. The highest BCUT2D eigenvalue weighted by atomic mass is 16.5. The van der Waals surface area contributed by atoms with Crippen molar-refractivity contribution in [1.82, 2.24) is 9.47 Å². The standard InChI is InChI=1S/C26H34N2O3/c1-9-31-17(3)19-14-28-21(12-16(19)2)22-13-18-20(10-11-23(29-7)25(18)30-8)27(22)15-24(28)26(4,5)6/h10-11,13-14,21,24H,2-3,9,12,15H2,1,4-8H3. The predicted molar refractivity (Wildman–Crippen MR) is 125 cm³/mol. The van der Waals surface area contributed by atoms with E-state index in [9.17, 15) is 0 Å². The van der Waals surface area contributed by atoms with Gasteiger partial charge in [-0.3, -0.25) is 0 Å². The van der Waals surface area contributed by atoms with Crippen molar-refractivity contribution in [2.45, 2.75) is 52.7 Å². The molecular weight excluding hydrogens is 388 g/mol. The highest BCUT2D eigenvalue weighted by molar-refractivity contribution is 5.90. The Balaban J connectivity index is 1.90. The van der Waals surface area contributed by atoms with Gasteiger partial charge in [0.1, 0.15) is 5.76 Å². The van der Waals surface area contributed by atoms with Gasteiger partial charge < -0.3 is 23.7 Å². The van der Waals surface area contributed by atoms with Crippen LogP contribution >= 0.6 is 0 Å². The minimum Gasteiger partial charge on any atom is -0.494 e. The molecule has 0 fully saturated rings. The molecule has 1 aromatic heterocycles. The van der Waals surface area contributed by atoms with E-state index in [0.29, 0.717) is 18.4 Å². The van der Waals surface area contributed by atoms with E-state index in [2.05, 4.69) is 61.7 Å². The summed E-state index contributed by atoms with van der Waals surface area (Å²) in [6.07, 6.45) is 3.06.